The van der Waals surface area contributed by atoms with Gasteiger partial charge in [-0.25, -0.2) is 4.79 Å². The number of urea groups is 1. The number of nitrogens with one attached hydrogen (secondary N) is 2. The minimum Gasteiger partial charge on any atom is -0.378 e. The summed E-state index contributed by atoms with van der Waals surface area (Å²) in [6.07, 6.45) is 8.58. The van der Waals surface area contributed by atoms with Gasteiger partial charge in [0.15, 0.2) is 0 Å². The number of hydrogen-bond donors (Lipinski definition) is 2. The Morgan fingerprint density at radius 2 is 2.38 bits per heavy atom. The smallest absolute Gasteiger partial charge is 0.319 e. The summed E-state index contributed by atoms with van der Waals surface area (Å²) < 4.78 is 7.39. The highest BCUT2D eigenvalue weighted by atomic mass is 16.5. The molecule has 1 atom stereocenters. The van der Waals surface area contributed by atoms with E-state index in [0.29, 0.717) is 12.6 Å². The van der Waals surface area contributed by atoms with Crippen LogP contribution in [-0.4, -0.2) is 35.1 Å². The summed E-state index contributed by atoms with van der Waals surface area (Å²) in [5.74, 6) is 0. The first-order valence-corrected chi connectivity index (χ1v) is 7.88. The minimum atomic E-state index is -0.165. The number of hydrogen-bond acceptors (Lipinski definition) is 3. The Morgan fingerprint density at radius 3 is 3.10 bits per heavy atom. The molecular weight excluding hydrogens is 268 g/mol. The number of rotatable bonds is 6. The van der Waals surface area contributed by atoms with Crippen LogP contribution >= 0.6 is 0 Å². The third-order valence-corrected chi connectivity index (χ3v) is 3.75. The lowest BCUT2D eigenvalue weighted by atomic mass is 10.0. The van der Waals surface area contributed by atoms with E-state index in [9.17, 15) is 4.79 Å². The molecule has 2 rings (SSSR count). The van der Waals surface area contributed by atoms with E-state index >= 15 is 0 Å². The summed E-state index contributed by atoms with van der Waals surface area (Å²) in [4.78, 5) is 11.9. The molecule has 2 N–H and O–H groups in total. The topological polar surface area (TPSA) is 68.2 Å². The summed E-state index contributed by atoms with van der Waals surface area (Å²) in [7, 11) is 1.85. The first-order valence-electron chi connectivity index (χ1n) is 7.88. The predicted octanol–water partition coefficient (Wildman–Crippen LogP) is 2.45. The molecule has 0 spiro atoms. The maximum atomic E-state index is 11.9. The molecule has 1 aliphatic heterocycles. The van der Waals surface area contributed by atoms with Gasteiger partial charge in [-0.05, 0) is 38.5 Å². The van der Waals surface area contributed by atoms with Crippen LogP contribution in [0.25, 0.3) is 0 Å². The molecule has 0 saturated carbocycles. The van der Waals surface area contributed by atoms with Crippen molar-refractivity contribution in [2.75, 3.05) is 18.5 Å². The van der Waals surface area contributed by atoms with Crippen molar-refractivity contribution in [3.63, 3.8) is 0 Å². The molecule has 6 heteroatoms. The predicted molar refractivity (Wildman–Crippen MR) is 82.4 cm³/mol. The van der Waals surface area contributed by atoms with Crippen molar-refractivity contribution in [1.29, 1.82) is 0 Å². The second-order valence-corrected chi connectivity index (χ2v) is 5.53. The molecule has 1 unspecified atom stereocenters. The van der Waals surface area contributed by atoms with Gasteiger partial charge >= 0.3 is 6.03 Å². The van der Waals surface area contributed by atoms with Gasteiger partial charge in [0.25, 0.3) is 0 Å². The summed E-state index contributed by atoms with van der Waals surface area (Å²) >= 11 is 0. The Bertz CT molecular complexity index is 453. The molecule has 21 heavy (non-hydrogen) atoms. The van der Waals surface area contributed by atoms with E-state index in [1.54, 1.807) is 4.68 Å². The zero-order valence-corrected chi connectivity index (χ0v) is 13.0. The molecule has 118 valence electrons. The highest BCUT2D eigenvalue weighted by Gasteiger charge is 2.13. The molecule has 0 aliphatic carbocycles. The molecule has 6 nitrogen and oxygen atoms in total. The normalized spacial score (nSPS) is 18.5. The van der Waals surface area contributed by atoms with Crippen LogP contribution in [0.1, 0.15) is 44.7 Å². The van der Waals surface area contributed by atoms with Gasteiger partial charge in [-0.1, -0.05) is 6.92 Å². The fourth-order valence-electron chi connectivity index (χ4n) is 2.63. The zero-order chi connectivity index (χ0) is 15.1. The van der Waals surface area contributed by atoms with E-state index in [1.807, 2.05) is 20.2 Å². The van der Waals surface area contributed by atoms with Crippen molar-refractivity contribution in [2.45, 2.75) is 51.6 Å². The van der Waals surface area contributed by atoms with Gasteiger partial charge < -0.3 is 15.4 Å². The number of amides is 2. The Morgan fingerprint density at radius 1 is 1.52 bits per heavy atom. The number of aryl methyl sites for hydroxylation is 2. The average molecular weight is 294 g/mol. The maximum absolute atomic E-state index is 11.9. The lowest BCUT2D eigenvalue weighted by molar-refractivity contribution is 0.0103. The van der Waals surface area contributed by atoms with E-state index in [0.717, 1.165) is 43.7 Å². The van der Waals surface area contributed by atoms with Gasteiger partial charge in [-0.2, -0.15) is 5.10 Å². The summed E-state index contributed by atoms with van der Waals surface area (Å²) in [5.41, 5.74) is 1.69. The molecule has 0 bridgehead atoms. The average Bonchev–Trinajstić information content (AvgIpc) is 2.84. The third-order valence-electron chi connectivity index (χ3n) is 3.75. The quantitative estimate of drug-likeness (QED) is 0.792. The number of ether oxygens (including phenoxy) is 1. The van der Waals surface area contributed by atoms with E-state index in [1.165, 1.54) is 12.8 Å². The van der Waals surface area contributed by atoms with Gasteiger partial charge in [0.05, 0.1) is 17.5 Å². The summed E-state index contributed by atoms with van der Waals surface area (Å²) in [6.45, 7) is 3.59. The molecule has 2 amide bonds. The van der Waals surface area contributed by atoms with Crippen LogP contribution in [0, 0.1) is 0 Å². The third kappa shape index (κ3) is 5.04. The standard InChI is InChI=1S/C15H26N4O2/c1-3-13-14(11-19(2)18-13)17-15(20)16-9-6-8-12-7-4-5-10-21-12/h11-12H,3-10H2,1-2H3,(H2,16,17,20). The molecule has 1 fully saturated rings. The Balaban J connectivity index is 1.65. The van der Waals surface area contributed by atoms with Crippen molar-refractivity contribution in [2.24, 2.45) is 7.05 Å². The van der Waals surface area contributed by atoms with Gasteiger partial charge in [-0.15, -0.1) is 0 Å². The first kappa shape index (κ1) is 15.8. The SMILES string of the molecule is CCc1nn(C)cc1NC(=O)NCCCC1CCCCO1. The van der Waals surface area contributed by atoms with Crippen molar-refractivity contribution in [3.05, 3.63) is 11.9 Å². The molecular formula is C15H26N4O2. The number of nitrogens with zero attached hydrogens (tertiary/aromatic N) is 2. The molecule has 0 radical (unpaired) electrons. The van der Waals surface area contributed by atoms with E-state index in [4.69, 9.17) is 4.74 Å². The highest BCUT2D eigenvalue weighted by molar-refractivity contribution is 5.89. The molecule has 1 saturated heterocycles. The van der Waals surface area contributed by atoms with Crippen LogP contribution in [0.15, 0.2) is 6.20 Å². The van der Waals surface area contributed by atoms with Gasteiger partial charge in [0.1, 0.15) is 0 Å². The second-order valence-electron chi connectivity index (χ2n) is 5.53. The van der Waals surface area contributed by atoms with Gasteiger partial charge in [-0.3, -0.25) is 4.68 Å². The van der Waals surface area contributed by atoms with Crippen LogP contribution in [-0.2, 0) is 18.2 Å². The van der Waals surface area contributed by atoms with E-state index in [2.05, 4.69) is 15.7 Å². The number of carbonyl (C=O) groups is 1. The lowest BCUT2D eigenvalue weighted by Gasteiger charge is -2.22. The lowest BCUT2D eigenvalue weighted by Crippen LogP contribution is -2.30. The highest BCUT2D eigenvalue weighted by Crippen LogP contribution is 2.16. The number of anilines is 1. The Labute approximate surface area is 126 Å². The summed E-state index contributed by atoms with van der Waals surface area (Å²) in [6, 6.07) is -0.165. The van der Waals surface area contributed by atoms with Crippen LogP contribution in [0.2, 0.25) is 0 Å². The first-order chi connectivity index (χ1) is 10.2. The number of aromatic nitrogens is 2. The van der Waals surface area contributed by atoms with Gasteiger partial charge in [0, 0.05) is 26.4 Å². The molecule has 0 aromatic carbocycles. The number of carbonyl (C=O) groups excluding carboxylic acids is 1. The van der Waals surface area contributed by atoms with Crippen molar-refractivity contribution < 1.29 is 9.53 Å². The molecule has 1 aromatic heterocycles. The van der Waals surface area contributed by atoms with Crippen LogP contribution in [0.5, 0.6) is 0 Å². The fourth-order valence-corrected chi connectivity index (χ4v) is 2.63. The maximum Gasteiger partial charge on any atom is 0.319 e. The van der Waals surface area contributed by atoms with Crippen molar-refractivity contribution in [3.8, 4) is 0 Å². The minimum absolute atomic E-state index is 0.165. The van der Waals surface area contributed by atoms with E-state index in [-0.39, 0.29) is 6.03 Å². The van der Waals surface area contributed by atoms with Crippen LogP contribution in [0.3, 0.4) is 0 Å². The second kappa shape index (κ2) is 8.02. The van der Waals surface area contributed by atoms with Crippen molar-refractivity contribution in [1.82, 2.24) is 15.1 Å². The summed E-state index contributed by atoms with van der Waals surface area (Å²) in [5, 5.41) is 10.0. The Hall–Kier alpha value is -1.56. The van der Waals surface area contributed by atoms with E-state index < -0.39 is 0 Å². The fraction of sp³-hybridized carbons (Fsp3) is 0.733. The monoisotopic (exact) mass is 294 g/mol. The van der Waals surface area contributed by atoms with Gasteiger partial charge in [0.2, 0.25) is 0 Å². The van der Waals surface area contributed by atoms with Crippen LogP contribution in [0.4, 0.5) is 10.5 Å². The molecule has 1 aliphatic rings. The molecule has 2 heterocycles. The van der Waals surface area contributed by atoms with Crippen LogP contribution < -0.4 is 10.6 Å². The van der Waals surface area contributed by atoms with Crippen molar-refractivity contribution >= 4 is 11.7 Å². The zero-order valence-electron chi connectivity index (χ0n) is 13.0. The molecule has 1 aromatic rings. The largest absolute Gasteiger partial charge is 0.378 e. The Kier molecular flexibility index (Phi) is 6.04.